The van der Waals surface area contributed by atoms with Gasteiger partial charge in [0.2, 0.25) is 0 Å². The number of amides is 2. The number of nitrogens with one attached hydrogen (secondary N) is 2. The minimum Gasteiger partial charge on any atom is -0.308 e. The van der Waals surface area contributed by atoms with Gasteiger partial charge in [-0.3, -0.25) is 0 Å². The van der Waals surface area contributed by atoms with Gasteiger partial charge in [-0.2, -0.15) is 0 Å². The number of carbonyl (C=O) groups excluding carboxylic acids is 1. The number of carbonyl (C=O) groups is 1. The number of hydrogen-bond donors (Lipinski definition) is 2. The molecule has 0 bridgehead atoms. The molecule has 2 amide bonds. The lowest BCUT2D eigenvalue weighted by Gasteiger charge is -2.08. The largest absolute Gasteiger partial charge is 0.323 e. The van der Waals surface area contributed by atoms with Crippen LogP contribution >= 0.6 is 11.6 Å². The molecule has 0 spiro atoms. The van der Waals surface area contributed by atoms with E-state index in [9.17, 15) is 13.2 Å². The topological polar surface area (TPSA) is 75.3 Å². The minimum atomic E-state index is -3.24. The van der Waals surface area contributed by atoms with Crippen molar-refractivity contribution < 1.29 is 13.2 Å². The Labute approximate surface area is 134 Å². The summed E-state index contributed by atoms with van der Waals surface area (Å²) >= 11 is 5.83. The van der Waals surface area contributed by atoms with Crippen molar-refractivity contribution in [2.75, 3.05) is 16.4 Å². The van der Waals surface area contributed by atoms with Gasteiger partial charge in [-0.1, -0.05) is 24.6 Å². The van der Waals surface area contributed by atoms with Gasteiger partial charge >= 0.3 is 6.03 Å². The molecular weight excluding hydrogens is 324 g/mol. The standard InChI is InChI=1S/C15H15ClN2O3S/c1-2-22(20,21)14-8-6-12(7-9-14)17-15(19)18-13-5-3-4-11(16)10-13/h3-10H,2H2,1H3,(H2,17,18,19). The Morgan fingerprint density at radius 3 is 2.27 bits per heavy atom. The fourth-order valence-corrected chi connectivity index (χ4v) is 2.85. The third kappa shape index (κ3) is 4.22. The van der Waals surface area contributed by atoms with E-state index in [0.717, 1.165) is 0 Å². The molecule has 2 aromatic rings. The second-order valence-corrected chi connectivity index (χ2v) is 7.23. The van der Waals surface area contributed by atoms with Crippen LogP contribution in [0.25, 0.3) is 0 Å². The predicted molar refractivity (Wildman–Crippen MR) is 88.3 cm³/mol. The van der Waals surface area contributed by atoms with Crippen molar-refractivity contribution in [1.29, 1.82) is 0 Å². The highest BCUT2D eigenvalue weighted by Crippen LogP contribution is 2.17. The number of anilines is 2. The molecule has 2 aromatic carbocycles. The maximum absolute atomic E-state index is 11.8. The van der Waals surface area contributed by atoms with Crippen LogP contribution in [-0.4, -0.2) is 20.2 Å². The van der Waals surface area contributed by atoms with Crippen LogP contribution in [0, 0.1) is 0 Å². The summed E-state index contributed by atoms with van der Waals surface area (Å²) in [4.78, 5) is 12.1. The monoisotopic (exact) mass is 338 g/mol. The molecule has 0 fully saturated rings. The van der Waals surface area contributed by atoms with E-state index in [1.165, 1.54) is 12.1 Å². The number of sulfone groups is 1. The quantitative estimate of drug-likeness (QED) is 0.890. The van der Waals surface area contributed by atoms with Crippen LogP contribution in [0.1, 0.15) is 6.92 Å². The van der Waals surface area contributed by atoms with Crippen LogP contribution < -0.4 is 10.6 Å². The fraction of sp³-hybridized carbons (Fsp3) is 0.133. The molecule has 5 nitrogen and oxygen atoms in total. The van der Waals surface area contributed by atoms with Gasteiger partial charge in [0, 0.05) is 16.4 Å². The van der Waals surface area contributed by atoms with Crippen LogP contribution in [-0.2, 0) is 9.84 Å². The van der Waals surface area contributed by atoms with E-state index in [0.29, 0.717) is 16.4 Å². The Kier molecular flexibility index (Phi) is 5.05. The molecule has 0 saturated heterocycles. The van der Waals surface area contributed by atoms with Crippen LogP contribution in [0.3, 0.4) is 0 Å². The lowest BCUT2D eigenvalue weighted by Crippen LogP contribution is -2.19. The molecule has 116 valence electrons. The third-order valence-corrected chi connectivity index (χ3v) is 4.92. The highest BCUT2D eigenvalue weighted by molar-refractivity contribution is 7.91. The summed E-state index contributed by atoms with van der Waals surface area (Å²) in [5.41, 5.74) is 1.06. The molecule has 0 aliphatic heterocycles. The molecule has 0 saturated carbocycles. The molecule has 0 aliphatic rings. The number of benzene rings is 2. The summed E-state index contributed by atoms with van der Waals surface area (Å²) < 4.78 is 23.4. The molecule has 0 radical (unpaired) electrons. The molecule has 2 rings (SSSR count). The Morgan fingerprint density at radius 1 is 1.05 bits per heavy atom. The molecule has 0 unspecified atom stereocenters. The van der Waals surface area contributed by atoms with Gasteiger partial charge in [-0.15, -0.1) is 0 Å². The Bertz CT molecular complexity index is 774. The normalized spacial score (nSPS) is 11.0. The van der Waals surface area contributed by atoms with Crippen molar-refractivity contribution in [3.8, 4) is 0 Å². The maximum Gasteiger partial charge on any atom is 0.323 e. The van der Waals surface area contributed by atoms with Gasteiger partial charge in [0.25, 0.3) is 0 Å². The molecule has 22 heavy (non-hydrogen) atoms. The van der Waals surface area contributed by atoms with Crippen molar-refractivity contribution in [3.05, 3.63) is 53.6 Å². The van der Waals surface area contributed by atoms with Crippen molar-refractivity contribution in [2.24, 2.45) is 0 Å². The third-order valence-electron chi connectivity index (χ3n) is 2.93. The Morgan fingerprint density at radius 2 is 1.68 bits per heavy atom. The highest BCUT2D eigenvalue weighted by Gasteiger charge is 2.11. The molecule has 7 heteroatoms. The van der Waals surface area contributed by atoms with Gasteiger partial charge < -0.3 is 10.6 Å². The van der Waals surface area contributed by atoms with Crippen LogP contribution in [0.4, 0.5) is 16.2 Å². The van der Waals surface area contributed by atoms with Gasteiger partial charge in [-0.05, 0) is 42.5 Å². The van der Waals surface area contributed by atoms with Gasteiger partial charge in [-0.25, -0.2) is 13.2 Å². The van der Waals surface area contributed by atoms with Crippen molar-refractivity contribution in [1.82, 2.24) is 0 Å². The molecule has 2 N–H and O–H groups in total. The second-order valence-electron chi connectivity index (χ2n) is 4.52. The van der Waals surface area contributed by atoms with Gasteiger partial charge in [0.1, 0.15) is 0 Å². The SMILES string of the molecule is CCS(=O)(=O)c1ccc(NC(=O)Nc2cccc(Cl)c2)cc1. The van der Waals surface area contributed by atoms with Gasteiger partial charge in [0.15, 0.2) is 9.84 Å². The van der Waals surface area contributed by atoms with E-state index in [1.807, 2.05) is 0 Å². The fourth-order valence-electron chi connectivity index (χ4n) is 1.77. The summed E-state index contributed by atoms with van der Waals surface area (Å²) in [5, 5.41) is 5.77. The molecule has 0 aromatic heterocycles. The average molecular weight is 339 g/mol. The summed E-state index contributed by atoms with van der Waals surface area (Å²) in [5.74, 6) is 0.0367. The maximum atomic E-state index is 11.8. The first-order valence-electron chi connectivity index (χ1n) is 6.57. The van der Waals surface area contributed by atoms with Crippen molar-refractivity contribution in [3.63, 3.8) is 0 Å². The van der Waals surface area contributed by atoms with E-state index in [-0.39, 0.29) is 10.6 Å². The lowest BCUT2D eigenvalue weighted by atomic mass is 10.3. The number of urea groups is 1. The van der Waals surface area contributed by atoms with E-state index >= 15 is 0 Å². The van der Waals surface area contributed by atoms with Crippen LogP contribution in [0.2, 0.25) is 5.02 Å². The first kappa shape index (κ1) is 16.3. The van der Waals surface area contributed by atoms with Crippen molar-refractivity contribution in [2.45, 2.75) is 11.8 Å². The molecule has 0 heterocycles. The Balaban J connectivity index is 2.03. The van der Waals surface area contributed by atoms with E-state index < -0.39 is 15.9 Å². The van der Waals surface area contributed by atoms with E-state index in [4.69, 9.17) is 11.6 Å². The number of halogens is 1. The van der Waals surface area contributed by atoms with E-state index in [1.54, 1.807) is 43.3 Å². The van der Waals surface area contributed by atoms with Crippen LogP contribution in [0.5, 0.6) is 0 Å². The molecule has 0 atom stereocenters. The molecule has 0 aliphatic carbocycles. The highest BCUT2D eigenvalue weighted by atomic mass is 35.5. The second kappa shape index (κ2) is 6.81. The Hall–Kier alpha value is -2.05. The minimum absolute atomic E-state index is 0.0367. The van der Waals surface area contributed by atoms with Crippen molar-refractivity contribution >= 4 is 38.8 Å². The summed E-state index contributed by atoms with van der Waals surface area (Å²) in [6, 6.07) is 12.3. The summed E-state index contributed by atoms with van der Waals surface area (Å²) in [6.45, 7) is 1.58. The smallest absolute Gasteiger partial charge is 0.308 e. The molecular formula is C15H15ClN2O3S. The van der Waals surface area contributed by atoms with E-state index in [2.05, 4.69) is 10.6 Å². The first-order valence-corrected chi connectivity index (χ1v) is 8.60. The summed E-state index contributed by atoms with van der Waals surface area (Å²) in [6.07, 6.45) is 0. The van der Waals surface area contributed by atoms with Gasteiger partial charge in [0.05, 0.1) is 10.6 Å². The first-order chi connectivity index (χ1) is 10.4. The average Bonchev–Trinajstić information content (AvgIpc) is 2.47. The zero-order valence-electron chi connectivity index (χ0n) is 11.8. The zero-order valence-corrected chi connectivity index (χ0v) is 13.4. The predicted octanol–water partition coefficient (Wildman–Crippen LogP) is 3.78. The summed E-state index contributed by atoms with van der Waals surface area (Å²) in [7, 11) is -3.24. The lowest BCUT2D eigenvalue weighted by molar-refractivity contribution is 0.262. The number of hydrogen-bond acceptors (Lipinski definition) is 3. The zero-order chi connectivity index (χ0) is 16.2. The number of rotatable bonds is 4. The van der Waals surface area contributed by atoms with Crippen LogP contribution in [0.15, 0.2) is 53.4 Å².